The molecule has 1 saturated heterocycles. The summed E-state index contributed by atoms with van der Waals surface area (Å²) in [5, 5.41) is 47.6. The highest BCUT2D eigenvalue weighted by Crippen LogP contribution is 2.15. The molecule has 5 N–H and O–H groups in total. The third-order valence-corrected chi connectivity index (χ3v) is 6.96. The van der Waals surface area contributed by atoms with E-state index in [9.17, 15) is 34.8 Å². The zero-order valence-electron chi connectivity index (χ0n) is 23.8. The number of benzene rings is 1. The first-order valence-electron chi connectivity index (χ1n) is 14.2. The van der Waals surface area contributed by atoms with Crippen LogP contribution in [0.25, 0.3) is 0 Å². The number of nitrogens with zero attached hydrogens (tertiary/aromatic N) is 4. The van der Waals surface area contributed by atoms with Crippen LogP contribution in [0.2, 0.25) is 0 Å². The van der Waals surface area contributed by atoms with Crippen LogP contribution >= 0.6 is 0 Å². The first-order valence-corrected chi connectivity index (χ1v) is 14.2. The van der Waals surface area contributed by atoms with Crippen molar-refractivity contribution in [1.29, 1.82) is 0 Å². The Bertz CT molecular complexity index is 886. The topological polar surface area (TPSA) is 175 Å². The number of rotatable bonds is 16. The van der Waals surface area contributed by atoms with Crippen LogP contribution in [-0.4, -0.2) is 161 Å². The Hall–Kier alpha value is -2.81. The van der Waals surface area contributed by atoms with E-state index in [-0.39, 0.29) is 39.4 Å². The molecule has 0 aliphatic carbocycles. The first-order chi connectivity index (χ1) is 19.6. The van der Waals surface area contributed by atoms with Crippen molar-refractivity contribution in [2.45, 2.75) is 31.8 Å². The second-order valence-electron chi connectivity index (χ2n) is 10.5. The summed E-state index contributed by atoms with van der Waals surface area (Å²) in [6.07, 6.45) is 2.88. The van der Waals surface area contributed by atoms with Crippen LogP contribution in [-0.2, 0) is 20.8 Å². The Labute approximate surface area is 241 Å². The number of hydrogen-bond acceptors (Lipinski definition) is 10. The molecule has 1 aromatic carbocycles. The van der Waals surface area contributed by atoms with Crippen LogP contribution in [0.1, 0.15) is 24.8 Å². The Kier molecular flexibility index (Phi) is 16.2. The zero-order valence-corrected chi connectivity index (χ0v) is 23.8. The summed E-state index contributed by atoms with van der Waals surface area (Å²) < 4.78 is 5.80. The maximum absolute atomic E-state index is 11.4. The summed E-state index contributed by atoms with van der Waals surface area (Å²) in [5.41, 5.74) is 1.18. The van der Waals surface area contributed by atoms with E-state index in [2.05, 4.69) is 0 Å². The molecule has 0 spiro atoms. The van der Waals surface area contributed by atoms with Gasteiger partial charge in [0.05, 0.1) is 19.6 Å². The lowest BCUT2D eigenvalue weighted by atomic mass is 10.1. The molecule has 1 atom stereocenters. The summed E-state index contributed by atoms with van der Waals surface area (Å²) >= 11 is 0. The average molecular weight is 583 g/mol. The molecule has 0 radical (unpaired) electrons. The molecule has 1 fully saturated rings. The first kappa shape index (κ1) is 34.4. The number of carboxylic acids is 3. The van der Waals surface area contributed by atoms with E-state index in [1.165, 1.54) is 5.56 Å². The van der Waals surface area contributed by atoms with Gasteiger partial charge in [0.1, 0.15) is 18.5 Å². The lowest BCUT2D eigenvalue weighted by Crippen LogP contribution is -2.49. The van der Waals surface area contributed by atoms with Crippen molar-refractivity contribution in [3.05, 3.63) is 29.8 Å². The van der Waals surface area contributed by atoms with E-state index >= 15 is 0 Å². The molecular formula is C28H46N4O9. The predicted molar refractivity (Wildman–Crippen MR) is 151 cm³/mol. The molecule has 0 aromatic heterocycles. The molecule has 13 heteroatoms. The smallest absolute Gasteiger partial charge is 0.317 e. The molecule has 232 valence electrons. The van der Waals surface area contributed by atoms with Crippen LogP contribution in [0.15, 0.2) is 24.3 Å². The number of carboxylic acid groups (broad SMARTS) is 3. The SMILES string of the molecule is O=C(O)CN1CCN(CC(=O)O)CCN(CC(O)COc2ccc(CCCCCO)cc2)CCN(CC(=O)O)CC1. The standard InChI is InChI=1S/C28H46N4O9/c33-17-3-1-2-4-23-5-7-25(8-6-23)41-22-24(34)18-29-9-11-30(19-26(35)36)13-15-32(21-28(39)40)16-14-31(12-10-29)20-27(37)38/h5-8,24,33-34H,1-4,9-22H2,(H,35,36)(H,37,38)(H,39,40). The van der Waals surface area contributed by atoms with Crippen molar-refractivity contribution in [1.82, 2.24) is 19.6 Å². The molecule has 1 aliphatic rings. The van der Waals surface area contributed by atoms with E-state index in [0.29, 0.717) is 58.1 Å². The fraction of sp³-hybridized carbons (Fsp3) is 0.679. The van der Waals surface area contributed by atoms with Gasteiger partial charge in [0.2, 0.25) is 0 Å². The number of aliphatic carboxylic acids is 3. The summed E-state index contributed by atoms with van der Waals surface area (Å²) in [5.74, 6) is -2.32. The summed E-state index contributed by atoms with van der Waals surface area (Å²) in [4.78, 5) is 41.3. The molecule has 1 unspecified atom stereocenters. The second-order valence-corrected chi connectivity index (χ2v) is 10.5. The molecule has 0 amide bonds. The number of ether oxygens (including phenoxy) is 1. The van der Waals surface area contributed by atoms with E-state index in [0.717, 1.165) is 25.7 Å². The third kappa shape index (κ3) is 15.7. The Morgan fingerprint density at radius 2 is 1.12 bits per heavy atom. The average Bonchev–Trinajstić information content (AvgIpc) is 2.91. The van der Waals surface area contributed by atoms with Crippen LogP contribution < -0.4 is 4.74 Å². The minimum Gasteiger partial charge on any atom is -0.491 e. The van der Waals surface area contributed by atoms with E-state index in [4.69, 9.17) is 9.84 Å². The molecule has 0 bridgehead atoms. The number of hydrogen-bond donors (Lipinski definition) is 5. The number of unbranched alkanes of at least 4 members (excludes halogenated alkanes) is 2. The number of carbonyl (C=O) groups is 3. The largest absolute Gasteiger partial charge is 0.491 e. The van der Waals surface area contributed by atoms with Crippen molar-refractivity contribution in [3.8, 4) is 5.75 Å². The van der Waals surface area contributed by atoms with Gasteiger partial charge in [0.15, 0.2) is 0 Å². The molecule has 2 rings (SSSR count). The highest BCUT2D eigenvalue weighted by molar-refractivity contribution is 5.69. The minimum absolute atomic E-state index is 0.0637. The number of aliphatic hydroxyl groups excluding tert-OH is 2. The maximum atomic E-state index is 11.4. The number of aryl methyl sites for hydroxylation is 1. The van der Waals surface area contributed by atoms with Gasteiger partial charge in [0, 0.05) is 65.5 Å². The summed E-state index contributed by atoms with van der Waals surface area (Å²) in [6.45, 7) is 2.94. The fourth-order valence-corrected chi connectivity index (χ4v) is 4.72. The van der Waals surface area contributed by atoms with Gasteiger partial charge in [-0.3, -0.25) is 34.0 Å². The third-order valence-electron chi connectivity index (χ3n) is 6.96. The monoisotopic (exact) mass is 582 g/mol. The van der Waals surface area contributed by atoms with Gasteiger partial charge in [-0.15, -0.1) is 0 Å². The van der Waals surface area contributed by atoms with Crippen LogP contribution in [0, 0.1) is 0 Å². The fourth-order valence-electron chi connectivity index (χ4n) is 4.72. The molecule has 1 heterocycles. The van der Waals surface area contributed by atoms with E-state index in [1.807, 2.05) is 29.2 Å². The van der Waals surface area contributed by atoms with Gasteiger partial charge in [-0.05, 0) is 37.0 Å². The summed E-state index contributed by atoms with van der Waals surface area (Å²) in [6, 6.07) is 7.71. The van der Waals surface area contributed by atoms with Gasteiger partial charge in [0.25, 0.3) is 0 Å². The summed E-state index contributed by atoms with van der Waals surface area (Å²) in [7, 11) is 0. The lowest BCUT2D eigenvalue weighted by Gasteiger charge is -2.33. The van der Waals surface area contributed by atoms with Crippen molar-refractivity contribution >= 4 is 17.9 Å². The molecule has 1 aromatic rings. The van der Waals surface area contributed by atoms with E-state index in [1.54, 1.807) is 14.7 Å². The van der Waals surface area contributed by atoms with Gasteiger partial charge in [-0.1, -0.05) is 18.6 Å². The van der Waals surface area contributed by atoms with Crippen molar-refractivity contribution < 1.29 is 44.7 Å². The quantitative estimate of drug-likeness (QED) is 0.160. The normalized spacial score (nSPS) is 17.8. The molecule has 1 aliphatic heterocycles. The molecule has 0 saturated carbocycles. The van der Waals surface area contributed by atoms with Crippen LogP contribution in [0.5, 0.6) is 5.75 Å². The zero-order chi connectivity index (χ0) is 30.0. The molecule has 13 nitrogen and oxygen atoms in total. The number of aliphatic hydroxyl groups is 2. The lowest BCUT2D eigenvalue weighted by molar-refractivity contribution is -0.140. The predicted octanol–water partition coefficient (Wildman–Crippen LogP) is -0.393. The Morgan fingerprint density at radius 1 is 0.683 bits per heavy atom. The van der Waals surface area contributed by atoms with Crippen LogP contribution in [0.4, 0.5) is 0 Å². The van der Waals surface area contributed by atoms with Gasteiger partial charge in [-0.25, -0.2) is 0 Å². The van der Waals surface area contributed by atoms with Crippen molar-refractivity contribution in [2.75, 3.05) is 91.8 Å². The second kappa shape index (κ2) is 19.3. The van der Waals surface area contributed by atoms with Gasteiger partial charge < -0.3 is 30.3 Å². The van der Waals surface area contributed by atoms with Gasteiger partial charge in [-0.2, -0.15) is 0 Å². The Morgan fingerprint density at radius 3 is 1.54 bits per heavy atom. The highest BCUT2D eigenvalue weighted by atomic mass is 16.5. The maximum Gasteiger partial charge on any atom is 0.317 e. The van der Waals surface area contributed by atoms with Gasteiger partial charge >= 0.3 is 17.9 Å². The van der Waals surface area contributed by atoms with Crippen molar-refractivity contribution in [3.63, 3.8) is 0 Å². The van der Waals surface area contributed by atoms with Crippen molar-refractivity contribution in [2.24, 2.45) is 0 Å². The van der Waals surface area contributed by atoms with Crippen LogP contribution in [0.3, 0.4) is 0 Å². The number of β-amino-alcohol motifs (C(OH)–C–C–N with tert-alkyl or cyclic N) is 1. The minimum atomic E-state index is -1.00. The molecule has 41 heavy (non-hydrogen) atoms. The Balaban J connectivity index is 1.98. The van der Waals surface area contributed by atoms with E-state index < -0.39 is 24.0 Å². The highest BCUT2D eigenvalue weighted by Gasteiger charge is 2.21. The molecular weight excluding hydrogens is 536 g/mol.